The maximum Gasteiger partial charge on any atom is 2.00 e. The molecule has 0 saturated carbocycles. The van der Waals surface area contributed by atoms with E-state index in [0.29, 0.717) is 0 Å². The van der Waals surface area contributed by atoms with E-state index in [0.717, 1.165) is 0 Å². The molecule has 2 rings (SSSR count). The Bertz CT molecular complexity index is 360. The van der Waals surface area contributed by atoms with Crippen molar-refractivity contribution in [2.75, 3.05) is 0 Å². The molecule has 84 valence electrons. The maximum absolute atomic E-state index is 3.63. The first-order chi connectivity index (χ1) is 7.34. The second kappa shape index (κ2) is 8.96. The minimum Gasteiger partial charge on any atom is -0.214 e. The molecule has 0 spiro atoms. The van der Waals surface area contributed by atoms with Gasteiger partial charge in [-0.05, 0) is 0 Å². The van der Waals surface area contributed by atoms with Crippen LogP contribution in [0, 0.1) is 0 Å². The fourth-order valence-corrected chi connectivity index (χ4v) is 1.23. The van der Waals surface area contributed by atoms with Crippen LogP contribution < -0.4 is 0 Å². The maximum atomic E-state index is 3.63. The third kappa shape index (κ3) is 5.55. The van der Waals surface area contributed by atoms with E-state index < -0.39 is 0 Å². The van der Waals surface area contributed by atoms with E-state index >= 15 is 0 Å². The van der Waals surface area contributed by atoms with E-state index in [-0.39, 0.29) is 17.1 Å². The summed E-state index contributed by atoms with van der Waals surface area (Å²) in [4.78, 5) is 0. The average Bonchev–Trinajstić information content (AvgIpc) is 2.95. The van der Waals surface area contributed by atoms with Gasteiger partial charge in [-0.2, -0.15) is 30.3 Å². The van der Waals surface area contributed by atoms with Crippen LogP contribution in [-0.4, -0.2) is 0 Å². The third-order valence-corrected chi connectivity index (χ3v) is 2.04. The zero-order chi connectivity index (χ0) is 10.9. The number of hydrogen-bond acceptors (Lipinski definition) is 0. The van der Waals surface area contributed by atoms with Crippen molar-refractivity contribution in [3.8, 4) is 0 Å². The van der Waals surface area contributed by atoms with Gasteiger partial charge in [0.2, 0.25) is 0 Å². The largest absolute Gasteiger partial charge is 2.00 e. The van der Waals surface area contributed by atoms with Crippen LogP contribution in [-0.2, 0) is 17.1 Å². The Kier molecular flexibility index (Phi) is 8.24. The molecular weight excluding hydrogens is 236 g/mol. The molecule has 0 atom stereocenters. The molecule has 2 aromatic carbocycles. The van der Waals surface area contributed by atoms with Crippen molar-refractivity contribution in [3.63, 3.8) is 0 Å². The molecule has 0 saturated heterocycles. The molecule has 0 aliphatic heterocycles. The van der Waals surface area contributed by atoms with Gasteiger partial charge in [0, 0.05) is 0 Å². The van der Waals surface area contributed by atoms with Crippen molar-refractivity contribution in [3.05, 3.63) is 78.9 Å². The van der Waals surface area contributed by atoms with Gasteiger partial charge >= 0.3 is 17.1 Å². The van der Waals surface area contributed by atoms with Gasteiger partial charge in [-0.3, -0.25) is 0 Å². The summed E-state index contributed by atoms with van der Waals surface area (Å²) < 4.78 is 0. The van der Waals surface area contributed by atoms with Crippen molar-refractivity contribution in [1.82, 2.24) is 0 Å². The van der Waals surface area contributed by atoms with Crippen molar-refractivity contribution in [2.45, 2.75) is 6.92 Å². The van der Waals surface area contributed by atoms with E-state index in [9.17, 15) is 0 Å². The molecule has 0 aliphatic carbocycles. The zero-order valence-electron chi connectivity index (χ0n) is 9.41. The summed E-state index contributed by atoms with van der Waals surface area (Å²) in [5.74, 6) is 0. The van der Waals surface area contributed by atoms with Crippen LogP contribution in [0.4, 0.5) is 0 Å². The third-order valence-electron chi connectivity index (χ3n) is 2.04. The van der Waals surface area contributed by atoms with E-state index in [1.165, 1.54) is 11.1 Å². The van der Waals surface area contributed by atoms with Gasteiger partial charge in [0.1, 0.15) is 0 Å². The molecule has 0 fully saturated rings. The summed E-state index contributed by atoms with van der Waals surface area (Å²) in [6, 6.07) is 18.3. The fraction of sp³-hybridized carbons (Fsp3) is 0.0667. The predicted molar refractivity (Wildman–Crippen MR) is 67.9 cm³/mol. The molecule has 0 amide bonds. The Morgan fingerprint density at radius 1 is 1.12 bits per heavy atom. The van der Waals surface area contributed by atoms with Crippen molar-refractivity contribution >= 4 is 5.57 Å². The second-order valence-electron chi connectivity index (χ2n) is 3.22. The SMILES string of the molecule is C=CC=C(C)[c-]1cccc1.[Fe+2].c1cc[cH-]c1. The van der Waals surface area contributed by atoms with Crippen LogP contribution in [0.1, 0.15) is 12.5 Å². The van der Waals surface area contributed by atoms with Gasteiger partial charge in [-0.25, -0.2) is 12.1 Å². The summed E-state index contributed by atoms with van der Waals surface area (Å²) in [5, 5.41) is 0. The van der Waals surface area contributed by atoms with Crippen molar-refractivity contribution in [2.24, 2.45) is 0 Å². The monoisotopic (exact) mass is 252 g/mol. The van der Waals surface area contributed by atoms with Crippen LogP contribution in [0.2, 0.25) is 0 Å². The van der Waals surface area contributed by atoms with Gasteiger partial charge in [-0.15, -0.1) is 42.0 Å². The fourth-order valence-electron chi connectivity index (χ4n) is 1.23. The smallest absolute Gasteiger partial charge is 0.214 e. The first-order valence-corrected chi connectivity index (χ1v) is 5.02. The Hall–Kier alpha value is -1.30. The number of allylic oxidation sites excluding steroid dienone is 3. The Morgan fingerprint density at radius 2 is 1.69 bits per heavy atom. The Morgan fingerprint density at radius 3 is 2.06 bits per heavy atom. The zero-order valence-corrected chi connectivity index (χ0v) is 10.5. The minimum absolute atomic E-state index is 0. The molecule has 0 aliphatic rings. The van der Waals surface area contributed by atoms with Crippen LogP contribution in [0.15, 0.2) is 73.3 Å². The van der Waals surface area contributed by atoms with Gasteiger partial charge in [0.05, 0.1) is 0 Å². The number of rotatable bonds is 2. The number of hydrogen-bond donors (Lipinski definition) is 0. The standard InChI is InChI=1S/C10H11.C5H5.Fe/c1-3-6-9(2)10-7-4-5-8-10;1-2-4-5-3-1;/h3-8H,1H2,2H3;1-5H;/q2*-1;+2. The second-order valence-corrected chi connectivity index (χ2v) is 3.22. The first-order valence-electron chi connectivity index (χ1n) is 5.02. The van der Waals surface area contributed by atoms with E-state index in [1.54, 1.807) is 0 Å². The van der Waals surface area contributed by atoms with Crippen LogP contribution in [0.25, 0.3) is 5.57 Å². The summed E-state index contributed by atoms with van der Waals surface area (Å²) in [6.45, 7) is 5.71. The summed E-state index contributed by atoms with van der Waals surface area (Å²) >= 11 is 0. The van der Waals surface area contributed by atoms with Crippen LogP contribution >= 0.6 is 0 Å². The normalized spacial score (nSPS) is 9.69. The van der Waals surface area contributed by atoms with E-state index in [1.807, 2.05) is 54.6 Å². The van der Waals surface area contributed by atoms with Crippen molar-refractivity contribution < 1.29 is 17.1 Å². The van der Waals surface area contributed by atoms with Crippen LogP contribution in [0.3, 0.4) is 0 Å². The van der Waals surface area contributed by atoms with Crippen LogP contribution in [0.5, 0.6) is 0 Å². The average molecular weight is 252 g/mol. The molecule has 0 heterocycles. The Labute approximate surface area is 109 Å². The topological polar surface area (TPSA) is 0 Å². The molecule has 0 radical (unpaired) electrons. The van der Waals surface area contributed by atoms with Gasteiger partial charge in [-0.1, -0.05) is 6.92 Å². The molecule has 16 heavy (non-hydrogen) atoms. The molecule has 0 nitrogen and oxygen atoms in total. The van der Waals surface area contributed by atoms with E-state index in [4.69, 9.17) is 0 Å². The molecule has 2 aromatic rings. The summed E-state index contributed by atoms with van der Waals surface area (Å²) in [6.07, 6.45) is 3.82. The Balaban J connectivity index is 0.000000318. The molecule has 0 N–H and O–H groups in total. The molecule has 0 unspecified atom stereocenters. The quantitative estimate of drug-likeness (QED) is 0.422. The summed E-state index contributed by atoms with van der Waals surface area (Å²) in [7, 11) is 0. The van der Waals surface area contributed by atoms with Crippen molar-refractivity contribution in [1.29, 1.82) is 0 Å². The minimum atomic E-state index is 0. The van der Waals surface area contributed by atoms with Gasteiger partial charge in [0.15, 0.2) is 0 Å². The molecule has 1 heteroatoms. The van der Waals surface area contributed by atoms with Gasteiger partial charge < -0.3 is 0 Å². The molecule has 0 bridgehead atoms. The first kappa shape index (κ1) is 14.7. The molecular formula is C15H16Fe. The van der Waals surface area contributed by atoms with E-state index in [2.05, 4.69) is 25.6 Å². The summed E-state index contributed by atoms with van der Waals surface area (Å²) in [5.41, 5.74) is 2.54. The molecule has 0 aromatic heterocycles. The van der Waals surface area contributed by atoms with Gasteiger partial charge in [0.25, 0.3) is 0 Å². The predicted octanol–water partition coefficient (Wildman–Crippen LogP) is 4.40.